The predicted molar refractivity (Wildman–Crippen MR) is 109 cm³/mol. The summed E-state index contributed by atoms with van der Waals surface area (Å²) >= 11 is 0. The molecule has 28 heavy (non-hydrogen) atoms. The van der Waals surface area contributed by atoms with E-state index < -0.39 is 0 Å². The lowest BCUT2D eigenvalue weighted by molar-refractivity contribution is -0.120. The minimum atomic E-state index is -0.0187. The molecule has 4 aromatic rings. The second-order valence-electron chi connectivity index (χ2n) is 7.12. The van der Waals surface area contributed by atoms with E-state index in [-0.39, 0.29) is 5.91 Å². The van der Waals surface area contributed by atoms with Crippen LogP contribution in [0.1, 0.15) is 27.8 Å². The molecule has 2 heterocycles. The number of fused-ring (bicyclic) bond motifs is 1. The Morgan fingerprint density at radius 2 is 1.86 bits per heavy atom. The standard InChI is InChI=1S/C23H23N3O2/c1-16-10-21-20(15-28-22(21)11-17(16)2)12-23(27)24-13-18-6-3-4-7-19(18)14-26-9-5-8-25-26/h3-11,15H,12-14H2,1-2H3,(H,24,27). The van der Waals surface area contributed by atoms with E-state index in [0.29, 0.717) is 19.5 Å². The summed E-state index contributed by atoms with van der Waals surface area (Å²) in [6.45, 7) is 5.31. The van der Waals surface area contributed by atoms with Gasteiger partial charge in [-0.05, 0) is 54.3 Å². The van der Waals surface area contributed by atoms with Crippen LogP contribution in [-0.4, -0.2) is 15.7 Å². The van der Waals surface area contributed by atoms with Gasteiger partial charge in [-0.3, -0.25) is 9.48 Å². The molecule has 0 spiro atoms. The SMILES string of the molecule is Cc1cc2occ(CC(=O)NCc3ccccc3Cn3cccn3)c2cc1C. The number of hydrogen-bond donors (Lipinski definition) is 1. The molecule has 0 aliphatic carbocycles. The fourth-order valence-electron chi connectivity index (χ4n) is 3.36. The maximum Gasteiger partial charge on any atom is 0.224 e. The molecule has 1 N–H and O–H groups in total. The van der Waals surface area contributed by atoms with Crippen LogP contribution in [0, 0.1) is 13.8 Å². The molecule has 4 rings (SSSR count). The molecule has 0 saturated carbocycles. The molecule has 0 bridgehead atoms. The highest BCUT2D eigenvalue weighted by atomic mass is 16.3. The molecule has 0 unspecified atom stereocenters. The van der Waals surface area contributed by atoms with Crippen LogP contribution in [0.3, 0.4) is 0 Å². The molecular formula is C23H23N3O2. The van der Waals surface area contributed by atoms with Crippen LogP contribution in [0.4, 0.5) is 0 Å². The van der Waals surface area contributed by atoms with Crippen LogP contribution < -0.4 is 5.32 Å². The van der Waals surface area contributed by atoms with Gasteiger partial charge in [0.2, 0.25) is 5.91 Å². The highest BCUT2D eigenvalue weighted by Crippen LogP contribution is 2.25. The average Bonchev–Trinajstić information content (AvgIpc) is 3.32. The Morgan fingerprint density at radius 3 is 2.64 bits per heavy atom. The van der Waals surface area contributed by atoms with Crippen molar-refractivity contribution in [3.8, 4) is 0 Å². The van der Waals surface area contributed by atoms with Crippen LogP contribution in [0.15, 0.2) is 65.5 Å². The van der Waals surface area contributed by atoms with Gasteiger partial charge in [-0.15, -0.1) is 0 Å². The van der Waals surface area contributed by atoms with Crippen molar-refractivity contribution in [2.75, 3.05) is 0 Å². The van der Waals surface area contributed by atoms with Crippen LogP contribution in [0.25, 0.3) is 11.0 Å². The second kappa shape index (κ2) is 7.72. The maximum absolute atomic E-state index is 12.5. The quantitative estimate of drug-likeness (QED) is 0.552. The summed E-state index contributed by atoms with van der Waals surface area (Å²) in [5.74, 6) is -0.0187. The highest BCUT2D eigenvalue weighted by molar-refractivity contribution is 5.88. The third-order valence-corrected chi connectivity index (χ3v) is 5.11. The Kier molecular flexibility index (Phi) is 4.98. The van der Waals surface area contributed by atoms with Crippen molar-refractivity contribution in [2.24, 2.45) is 0 Å². The molecule has 1 amide bonds. The first kappa shape index (κ1) is 18.0. The number of benzene rings is 2. The van der Waals surface area contributed by atoms with Crippen LogP contribution >= 0.6 is 0 Å². The molecule has 5 nitrogen and oxygen atoms in total. The van der Waals surface area contributed by atoms with Gasteiger partial charge in [-0.25, -0.2) is 0 Å². The number of aromatic nitrogens is 2. The third-order valence-electron chi connectivity index (χ3n) is 5.11. The molecule has 2 aromatic heterocycles. The number of aryl methyl sites for hydroxylation is 2. The van der Waals surface area contributed by atoms with Gasteiger partial charge in [-0.1, -0.05) is 24.3 Å². The number of rotatable bonds is 6. The van der Waals surface area contributed by atoms with E-state index in [4.69, 9.17) is 4.42 Å². The van der Waals surface area contributed by atoms with Gasteiger partial charge in [-0.2, -0.15) is 5.10 Å². The van der Waals surface area contributed by atoms with Crippen molar-refractivity contribution in [1.82, 2.24) is 15.1 Å². The Balaban J connectivity index is 1.44. The monoisotopic (exact) mass is 373 g/mol. The summed E-state index contributed by atoms with van der Waals surface area (Å²) in [7, 11) is 0. The maximum atomic E-state index is 12.5. The minimum absolute atomic E-state index is 0.0187. The van der Waals surface area contributed by atoms with E-state index in [2.05, 4.69) is 36.4 Å². The number of furan rings is 1. The van der Waals surface area contributed by atoms with E-state index in [1.807, 2.05) is 41.2 Å². The lowest BCUT2D eigenvalue weighted by Gasteiger charge is -2.11. The summed E-state index contributed by atoms with van der Waals surface area (Å²) < 4.78 is 7.51. The van der Waals surface area contributed by atoms with E-state index in [1.54, 1.807) is 12.5 Å². The van der Waals surface area contributed by atoms with Crippen LogP contribution in [-0.2, 0) is 24.3 Å². The second-order valence-corrected chi connectivity index (χ2v) is 7.12. The van der Waals surface area contributed by atoms with Crippen molar-refractivity contribution < 1.29 is 9.21 Å². The third kappa shape index (κ3) is 3.83. The molecule has 5 heteroatoms. The van der Waals surface area contributed by atoms with Crippen molar-refractivity contribution >= 4 is 16.9 Å². The molecule has 0 radical (unpaired) electrons. The number of hydrogen-bond acceptors (Lipinski definition) is 3. The molecule has 2 aromatic carbocycles. The number of nitrogens with one attached hydrogen (secondary N) is 1. The van der Waals surface area contributed by atoms with Gasteiger partial charge in [0.15, 0.2) is 0 Å². The van der Waals surface area contributed by atoms with Gasteiger partial charge < -0.3 is 9.73 Å². The van der Waals surface area contributed by atoms with E-state index in [9.17, 15) is 4.79 Å². The lowest BCUT2D eigenvalue weighted by Crippen LogP contribution is -2.25. The van der Waals surface area contributed by atoms with Crippen LogP contribution in [0.2, 0.25) is 0 Å². The zero-order valence-electron chi connectivity index (χ0n) is 16.1. The van der Waals surface area contributed by atoms with E-state index >= 15 is 0 Å². The molecule has 0 aliphatic heterocycles. The van der Waals surface area contributed by atoms with E-state index in [1.165, 1.54) is 11.1 Å². The first-order valence-electron chi connectivity index (χ1n) is 9.38. The number of carbonyl (C=O) groups excluding carboxylic acids is 1. The first-order chi connectivity index (χ1) is 13.6. The number of carbonyl (C=O) groups is 1. The van der Waals surface area contributed by atoms with Gasteiger partial charge in [0.1, 0.15) is 5.58 Å². The zero-order valence-corrected chi connectivity index (χ0v) is 16.1. The normalized spacial score (nSPS) is 11.1. The fraction of sp³-hybridized carbons (Fsp3) is 0.217. The summed E-state index contributed by atoms with van der Waals surface area (Å²) in [4.78, 5) is 12.5. The highest BCUT2D eigenvalue weighted by Gasteiger charge is 2.12. The van der Waals surface area contributed by atoms with Gasteiger partial charge in [0, 0.05) is 29.9 Å². The summed E-state index contributed by atoms with van der Waals surface area (Å²) in [6.07, 6.45) is 5.69. The molecule has 142 valence electrons. The number of nitrogens with zero attached hydrogens (tertiary/aromatic N) is 2. The number of amides is 1. The fourth-order valence-corrected chi connectivity index (χ4v) is 3.36. The zero-order chi connectivity index (χ0) is 19.5. The van der Waals surface area contributed by atoms with Gasteiger partial charge >= 0.3 is 0 Å². The van der Waals surface area contributed by atoms with Gasteiger partial charge in [0.05, 0.1) is 19.2 Å². The molecule has 0 atom stereocenters. The predicted octanol–water partition coefficient (Wildman–Crippen LogP) is 4.15. The average molecular weight is 373 g/mol. The Bertz CT molecular complexity index is 1110. The smallest absolute Gasteiger partial charge is 0.224 e. The van der Waals surface area contributed by atoms with Gasteiger partial charge in [0.25, 0.3) is 0 Å². The van der Waals surface area contributed by atoms with Crippen LogP contribution in [0.5, 0.6) is 0 Å². The van der Waals surface area contributed by atoms with Crippen molar-refractivity contribution in [3.63, 3.8) is 0 Å². The summed E-state index contributed by atoms with van der Waals surface area (Å²) in [5, 5.41) is 8.31. The Hall–Kier alpha value is -3.34. The Labute approximate surface area is 164 Å². The molecule has 0 saturated heterocycles. The summed E-state index contributed by atoms with van der Waals surface area (Å²) in [5.41, 5.74) is 6.37. The molecule has 0 aliphatic rings. The van der Waals surface area contributed by atoms with E-state index in [0.717, 1.165) is 27.7 Å². The lowest BCUT2D eigenvalue weighted by atomic mass is 10.0. The molecule has 0 fully saturated rings. The largest absolute Gasteiger partial charge is 0.464 e. The van der Waals surface area contributed by atoms with Crippen molar-refractivity contribution in [1.29, 1.82) is 0 Å². The summed E-state index contributed by atoms with van der Waals surface area (Å²) in [6, 6.07) is 14.1. The topological polar surface area (TPSA) is 60.1 Å². The Morgan fingerprint density at radius 1 is 1.07 bits per heavy atom. The minimum Gasteiger partial charge on any atom is -0.464 e. The molecular weight excluding hydrogens is 350 g/mol. The van der Waals surface area contributed by atoms with Crippen molar-refractivity contribution in [3.05, 3.63) is 88.9 Å². The first-order valence-corrected chi connectivity index (χ1v) is 9.38. The van der Waals surface area contributed by atoms with Crippen molar-refractivity contribution in [2.45, 2.75) is 33.4 Å².